The van der Waals surface area contributed by atoms with Crippen molar-refractivity contribution in [3.63, 3.8) is 0 Å². The number of aryl methyl sites for hydroxylation is 4. The van der Waals surface area contributed by atoms with E-state index in [9.17, 15) is 0 Å². The normalized spacial score (nSPS) is 13.2. The maximum Gasteiger partial charge on any atom is 0.0681 e. The van der Waals surface area contributed by atoms with E-state index in [1.165, 1.54) is 22.6 Å². The molecule has 4 heteroatoms. The van der Waals surface area contributed by atoms with Crippen molar-refractivity contribution < 1.29 is 0 Å². The molecule has 110 valence electrons. The van der Waals surface area contributed by atoms with Gasteiger partial charge in [0, 0.05) is 31.9 Å². The first kappa shape index (κ1) is 14.8. The van der Waals surface area contributed by atoms with Crippen LogP contribution in [0.15, 0.2) is 12.3 Å². The fourth-order valence-electron chi connectivity index (χ4n) is 2.82. The van der Waals surface area contributed by atoms with Gasteiger partial charge in [0.05, 0.1) is 11.4 Å². The Balaban J connectivity index is 2.01. The molecule has 0 radical (unpaired) electrons. The van der Waals surface area contributed by atoms with Crippen molar-refractivity contribution in [1.82, 2.24) is 19.6 Å². The van der Waals surface area contributed by atoms with E-state index in [1.54, 1.807) is 0 Å². The quantitative estimate of drug-likeness (QED) is 0.838. The highest BCUT2D eigenvalue weighted by Crippen LogP contribution is 2.23. The van der Waals surface area contributed by atoms with Crippen LogP contribution in [-0.4, -0.2) is 19.6 Å². The summed E-state index contributed by atoms with van der Waals surface area (Å²) in [5.41, 5.74) is 5.00. The second-order valence-electron chi connectivity index (χ2n) is 6.15. The van der Waals surface area contributed by atoms with Gasteiger partial charge >= 0.3 is 0 Å². The molecule has 0 amide bonds. The summed E-state index contributed by atoms with van der Waals surface area (Å²) in [6.45, 7) is 8.80. The van der Waals surface area contributed by atoms with Crippen LogP contribution in [0.25, 0.3) is 0 Å². The van der Waals surface area contributed by atoms with Crippen LogP contribution in [0.5, 0.6) is 0 Å². The molecule has 0 bridgehead atoms. The fraction of sp³-hybridized carbons (Fsp3) is 0.625. The van der Waals surface area contributed by atoms with Gasteiger partial charge in [-0.3, -0.25) is 9.36 Å². The van der Waals surface area contributed by atoms with Crippen LogP contribution in [0.2, 0.25) is 0 Å². The third-order valence-electron chi connectivity index (χ3n) is 3.91. The van der Waals surface area contributed by atoms with Crippen LogP contribution in [0.4, 0.5) is 0 Å². The van der Waals surface area contributed by atoms with Crippen LogP contribution in [0, 0.1) is 6.92 Å². The van der Waals surface area contributed by atoms with E-state index in [0.29, 0.717) is 11.8 Å². The Hall–Kier alpha value is -1.58. The molecule has 1 unspecified atom stereocenters. The highest BCUT2D eigenvalue weighted by molar-refractivity contribution is 5.19. The first-order chi connectivity index (χ1) is 9.38. The molecule has 2 heterocycles. The summed E-state index contributed by atoms with van der Waals surface area (Å²) in [5, 5.41) is 9.18. The fourth-order valence-corrected chi connectivity index (χ4v) is 2.82. The predicted octanol–water partition coefficient (Wildman–Crippen LogP) is 3.32. The minimum absolute atomic E-state index is 0.473. The Labute approximate surface area is 121 Å². The number of aromatic nitrogens is 4. The third-order valence-corrected chi connectivity index (χ3v) is 3.91. The number of rotatable bonds is 5. The van der Waals surface area contributed by atoms with E-state index in [4.69, 9.17) is 0 Å². The maximum atomic E-state index is 4.62. The Morgan fingerprint density at radius 1 is 1.15 bits per heavy atom. The number of nitrogens with zero attached hydrogens (tertiary/aromatic N) is 4. The van der Waals surface area contributed by atoms with Gasteiger partial charge < -0.3 is 0 Å². The molecule has 0 saturated carbocycles. The monoisotopic (exact) mass is 274 g/mol. The zero-order chi connectivity index (χ0) is 14.9. The minimum atomic E-state index is 0.473. The Bertz CT molecular complexity index is 577. The second kappa shape index (κ2) is 5.81. The summed E-state index contributed by atoms with van der Waals surface area (Å²) < 4.78 is 3.91. The van der Waals surface area contributed by atoms with E-state index >= 15 is 0 Å². The molecule has 0 fully saturated rings. The van der Waals surface area contributed by atoms with Crippen molar-refractivity contribution in [1.29, 1.82) is 0 Å². The summed E-state index contributed by atoms with van der Waals surface area (Å²) in [5.74, 6) is 0.998. The van der Waals surface area contributed by atoms with Gasteiger partial charge in [-0.1, -0.05) is 20.8 Å². The minimum Gasteiger partial charge on any atom is -0.275 e. The maximum absolute atomic E-state index is 4.62. The standard InChI is InChI=1S/C16H26N4/c1-11(2)15-9-14(17-20(15)6)8-7-12(3)16-13(4)10-19(5)18-16/h9-12H,7-8H2,1-6H3. The Morgan fingerprint density at radius 3 is 2.35 bits per heavy atom. The molecule has 2 aromatic rings. The average Bonchev–Trinajstić information content (AvgIpc) is 2.89. The zero-order valence-electron chi connectivity index (χ0n) is 13.5. The van der Waals surface area contributed by atoms with E-state index in [0.717, 1.165) is 12.8 Å². The van der Waals surface area contributed by atoms with E-state index in [2.05, 4.69) is 50.2 Å². The lowest BCUT2D eigenvalue weighted by Crippen LogP contribution is -2.01. The lowest BCUT2D eigenvalue weighted by molar-refractivity contribution is 0.616. The van der Waals surface area contributed by atoms with Crippen LogP contribution in [-0.2, 0) is 20.5 Å². The predicted molar refractivity (Wildman–Crippen MR) is 82.0 cm³/mol. The molecule has 0 aliphatic heterocycles. The van der Waals surface area contributed by atoms with Crippen LogP contribution < -0.4 is 0 Å². The van der Waals surface area contributed by atoms with Gasteiger partial charge in [-0.05, 0) is 37.3 Å². The smallest absolute Gasteiger partial charge is 0.0681 e. The zero-order valence-corrected chi connectivity index (χ0v) is 13.5. The molecule has 0 aliphatic rings. The van der Waals surface area contributed by atoms with Crippen molar-refractivity contribution in [2.45, 2.75) is 52.4 Å². The Morgan fingerprint density at radius 2 is 1.85 bits per heavy atom. The molecule has 0 aromatic carbocycles. The SMILES string of the molecule is Cc1cn(C)nc1C(C)CCc1cc(C(C)C)n(C)n1. The first-order valence-electron chi connectivity index (χ1n) is 7.41. The molecule has 4 nitrogen and oxygen atoms in total. The summed E-state index contributed by atoms with van der Waals surface area (Å²) in [4.78, 5) is 0. The topological polar surface area (TPSA) is 35.6 Å². The van der Waals surface area contributed by atoms with E-state index < -0.39 is 0 Å². The van der Waals surface area contributed by atoms with Crippen LogP contribution >= 0.6 is 0 Å². The third kappa shape index (κ3) is 3.11. The van der Waals surface area contributed by atoms with Crippen molar-refractivity contribution in [3.8, 4) is 0 Å². The molecule has 1 atom stereocenters. The lowest BCUT2D eigenvalue weighted by Gasteiger charge is -2.08. The van der Waals surface area contributed by atoms with E-state index in [-0.39, 0.29) is 0 Å². The summed E-state index contributed by atoms with van der Waals surface area (Å²) in [7, 11) is 4.02. The largest absolute Gasteiger partial charge is 0.275 e. The lowest BCUT2D eigenvalue weighted by atomic mass is 9.98. The number of hydrogen-bond donors (Lipinski definition) is 0. The van der Waals surface area contributed by atoms with Gasteiger partial charge in [0.25, 0.3) is 0 Å². The summed E-state index contributed by atoms with van der Waals surface area (Å²) >= 11 is 0. The molecule has 0 saturated heterocycles. The second-order valence-corrected chi connectivity index (χ2v) is 6.15. The van der Waals surface area contributed by atoms with Crippen LogP contribution in [0.1, 0.15) is 61.7 Å². The van der Waals surface area contributed by atoms with Crippen molar-refractivity contribution in [2.75, 3.05) is 0 Å². The molecule has 2 rings (SSSR count). The highest BCUT2D eigenvalue weighted by atomic mass is 15.3. The molecule has 0 N–H and O–H groups in total. The molecular weight excluding hydrogens is 248 g/mol. The van der Waals surface area contributed by atoms with E-state index in [1.807, 2.05) is 23.5 Å². The molecule has 0 aliphatic carbocycles. The van der Waals surface area contributed by atoms with Crippen LogP contribution in [0.3, 0.4) is 0 Å². The summed E-state index contributed by atoms with van der Waals surface area (Å²) in [6.07, 6.45) is 4.19. The van der Waals surface area contributed by atoms with Gasteiger partial charge in [0.1, 0.15) is 0 Å². The molecule has 20 heavy (non-hydrogen) atoms. The molecular formula is C16H26N4. The van der Waals surface area contributed by atoms with Gasteiger partial charge in [-0.25, -0.2) is 0 Å². The van der Waals surface area contributed by atoms with Gasteiger partial charge in [0.2, 0.25) is 0 Å². The summed E-state index contributed by atoms with van der Waals surface area (Å²) in [6, 6.07) is 2.24. The first-order valence-corrected chi connectivity index (χ1v) is 7.41. The van der Waals surface area contributed by atoms with Crippen molar-refractivity contribution in [2.24, 2.45) is 14.1 Å². The van der Waals surface area contributed by atoms with Gasteiger partial charge in [-0.2, -0.15) is 10.2 Å². The van der Waals surface area contributed by atoms with Crippen molar-refractivity contribution in [3.05, 3.63) is 34.9 Å². The van der Waals surface area contributed by atoms with Gasteiger partial charge in [0.15, 0.2) is 0 Å². The Kier molecular flexibility index (Phi) is 4.31. The number of hydrogen-bond acceptors (Lipinski definition) is 2. The molecule has 0 spiro atoms. The highest BCUT2D eigenvalue weighted by Gasteiger charge is 2.14. The average molecular weight is 274 g/mol. The van der Waals surface area contributed by atoms with Crippen molar-refractivity contribution >= 4 is 0 Å². The molecule has 2 aromatic heterocycles. The van der Waals surface area contributed by atoms with Gasteiger partial charge in [-0.15, -0.1) is 0 Å².